The first-order valence-corrected chi connectivity index (χ1v) is 10.2. The zero-order valence-electron chi connectivity index (χ0n) is 14.7. The van der Waals surface area contributed by atoms with E-state index in [1.54, 1.807) is 19.1 Å². The summed E-state index contributed by atoms with van der Waals surface area (Å²) in [5, 5.41) is 2.47. The van der Waals surface area contributed by atoms with E-state index in [1.807, 2.05) is 38.1 Å². The van der Waals surface area contributed by atoms with Crippen molar-refractivity contribution in [1.29, 1.82) is 0 Å². The van der Waals surface area contributed by atoms with Crippen molar-refractivity contribution in [2.45, 2.75) is 35.8 Å². The Kier molecular flexibility index (Phi) is 6.26. The smallest absolute Gasteiger partial charge is 0.240 e. The van der Waals surface area contributed by atoms with Crippen molar-refractivity contribution in [3.8, 4) is 0 Å². The lowest BCUT2D eigenvalue weighted by atomic mass is 10.2. The van der Waals surface area contributed by atoms with Crippen LogP contribution in [0, 0.1) is 13.8 Å². The molecule has 1 atom stereocenters. The maximum Gasteiger partial charge on any atom is 0.240 e. The van der Waals surface area contributed by atoms with E-state index in [2.05, 4.69) is 10.0 Å². The standard InChI is InChI=1S/C18H22N2O3S2/c1-12-5-9-16(10-6-12)24-14(3)18(21)20-15-8-7-13(2)17(11-15)25(22,23)19-4/h5-11,14,19H,1-4H3,(H,20,21)/t14-/m0/s1. The molecule has 0 radical (unpaired) electrons. The lowest BCUT2D eigenvalue weighted by Gasteiger charge is -2.14. The van der Waals surface area contributed by atoms with Crippen LogP contribution in [0.4, 0.5) is 5.69 Å². The van der Waals surface area contributed by atoms with Gasteiger partial charge in [-0.25, -0.2) is 13.1 Å². The summed E-state index contributed by atoms with van der Waals surface area (Å²) in [5.74, 6) is -0.178. The molecular formula is C18H22N2O3S2. The summed E-state index contributed by atoms with van der Waals surface area (Å²) in [7, 11) is -2.21. The van der Waals surface area contributed by atoms with Gasteiger partial charge in [0, 0.05) is 10.6 Å². The van der Waals surface area contributed by atoms with Crippen LogP contribution < -0.4 is 10.0 Å². The molecule has 2 rings (SSSR count). The van der Waals surface area contributed by atoms with Crippen molar-refractivity contribution in [1.82, 2.24) is 4.72 Å². The van der Waals surface area contributed by atoms with Crippen LogP contribution in [0.3, 0.4) is 0 Å². The molecule has 0 aliphatic rings. The molecule has 0 heterocycles. The number of hydrogen-bond donors (Lipinski definition) is 2. The van der Waals surface area contributed by atoms with Gasteiger partial charge < -0.3 is 5.32 Å². The molecule has 0 fully saturated rings. The first-order chi connectivity index (χ1) is 11.7. The fourth-order valence-electron chi connectivity index (χ4n) is 2.20. The summed E-state index contributed by atoms with van der Waals surface area (Å²) in [5.41, 5.74) is 2.24. The Balaban J connectivity index is 2.12. The molecule has 2 aromatic carbocycles. The van der Waals surface area contributed by atoms with Crippen LogP contribution in [0.15, 0.2) is 52.3 Å². The van der Waals surface area contributed by atoms with E-state index in [4.69, 9.17) is 0 Å². The van der Waals surface area contributed by atoms with Gasteiger partial charge in [-0.2, -0.15) is 0 Å². The van der Waals surface area contributed by atoms with Crippen molar-refractivity contribution in [3.05, 3.63) is 53.6 Å². The van der Waals surface area contributed by atoms with Crippen LogP contribution in [0.5, 0.6) is 0 Å². The third-order valence-corrected chi connectivity index (χ3v) is 6.39. The van der Waals surface area contributed by atoms with E-state index < -0.39 is 10.0 Å². The van der Waals surface area contributed by atoms with E-state index >= 15 is 0 Å². The SMILES string of the molecule is CNS(=O)(=O)c1cc(NC(=O)[C@H](C)Sc2ccc(C)cc2)ccc1C. The predicted octanol–water partition coefficient (Wildman–Crippen LogP) is 3.33. The van der Waals surface area contributed by atoms with E-state index in [1.165, 1.54) is 30.4 Å². The molecule has 0 spiro atoms. The highest BCUT2D eigenvalue weighted by Crippen LogP contribution is 2.25. The number of thioether (sulfide) groups is 1. The van der Waals surface area contributed by atoms with Crippen LogP contribution in [0.25, 0.3) is 0 Å². The summed E-state index contributed by atoms with van der Waals surface area (Å²) >= 11 is 1.45. The summed E-state index contributed by atoms with van der Waals surface area (Å²) in [4.78, 5) is 13.6. The predicted molar refractivity (Wildman–Crippen MR) is 103 cm³/mol. The fourth-order valence-corrected chi connectivity index (χ4v) is 4.06. The molecule has 0 saturated carbocycles. The normalized spacial score (nSPS) is 12.6. The summed E-state index contributed by atoms with van der Waals surface area (Å²) in [6, 6.07) is 12.8. The first-order valence-electron chi connectivity index (χ1n) is 7.81. The number of sulfonamides is 1. The van der Waals surface area contributed by atoms with E-state index in [-0.39, 0.29) is 16.1 Å². The highest BCUT2D eigenvalue weighted by molar-refractivity contribution is 8.00. The number of aryl methyl sites for hydroxylation is 2. The Morgan fingerprint density at radius 3 is 2.32 bits per heavy atom. The average molecular weight is 379 g/mol. The summed E-state index contributed by atoms with van der Waals surface area (Å²) < 4.78 is 26.4. The van der Waals surface area contributed by atoms with Crippen LogP contribution in [-0.2, 0) is 14.8 Å². The number of anilines is 1. The molecule has 25 heavy (non-hydrogen) atoms. The van der Waals surface area contributed by atoms with Gasteiger partial charge in [-0.05, 0) is 57.6 Å². The van der Waals surface area contributed by atoms with Gasteiger partial charge in [0.05, 0.1) is 10.1 Å². The zero-order valence-corrected chi connectivity index (χ0v) is 16.3. The molecule has 0 saturated heterocycles. The molecule has 2 N–H and O–H groups in total. The molecular weight excluding hydrogens is 356 g/mol. The van der Waals surface area contributed by atoms with Gasteiger partial charge in [-0.1, -0.05) is 23.8 Å². The average Bonchev–Trinajstić information content (AvgIpc) is 2.58. The maximum absolute atomic E-state index is 12.4. The third-order valence-electron chi connectivity index (χ3n) is 3.72. The molecule has 0 aliphatic carbocycles. The topological polar surface area (TPSA) is 75.3 Å². The first kappa shape index (κ1) is 19.5. The van der Waals surface area contributed by atoms with Gasteiger partial charge in [0.2, 0.25) is 15.9 Å². The van der Waals surface area contributed by atoms with Crippen molar-refractivity contribution in [3.63, 3.8) is 0 Å². The number of hydrogen-bond acceptors (Lipinski definition) is 4. The van der Waals surface area contributed by atoms with Crippen LogP contribution >= 0.6 is 11.8 Å². The van der Waals surface area contributed by atoms with Gasteiger partial charge in [0.1, 0.15) is 0 Å². The van der Waals surface area contributed by atoms with Gasteiger partial charge >= 0.3 is 0 Å². The van der Waals surface area contributed by atoms with Crippen LogP contribution in [0.2, 0.25) is 0 Å². The molecule has 7 heteroatoms. The van der Waals surface area contributed by atoms with Gasteiger partial charge in [0.25, 0.3) is 0 Å². The minimum absolute atomic E-state index is 0.159. The highest BCUT2D eigenvalue weighted by Gasteiger charge is 2.18. The molecule has 5 nitrogen and oxygen atoms in total. The summed E-state index contributed by atoms with van der Waals surface area (Å²) in [6.45, 7) is 5.55. The summed E-state index contributed by atoms with van der Waals surface area (Å²) in [6.07, 6.45) is 0. The van der Waals surface area contributed by atoms with Gasteiger partial charge in [-0.15, -0.1) is 11.8 Å². The largest absolute Gasteiger partial charge is 0.325 e. The third kappa shape index (κ3) is 5.07. The van der Waals surface area contributed by atoms with Gasteiger partial charge in [-0.3, -0.25) is 4.79 Å². The molecule has 0 aliphatic heterocycles. The minimum Gasteiger partial charge on any atom is -0.325 e. The Morgan fingerprint density at radius 1 is 1.08 bits per heavy atom. The lowest BCUT2D eigenvalue weighted by Crippen LogP contribution is -2.23. The second-order valence-corrected chi connectivity index (χ2v) is 9.02. The Hall–Kier alpha value is -1.83. The number of carbonyl (C=O) groups excluding carboxylic acids is 1. The number of nitrogens with one attached hydrogen (secondary N) is 2. The zero-order chi connectivity index (χ0) is 18.6. The van der Waals surface area contributed by atoms with Gasteiger partial charge in [0.15, 0.2) is 0 Å². The monoisotopic (exact) mass is 378 g/mol. The Labute approximate surface area is 153 Å². The fraction of sp³-hybridized carbons (Fsp3) is 0.278. The molecule has 1 amide bonds. The molecule has 0 aromatic heterocycles. The number of benzene rings is 2. The minimum atomic E-state index is -3.57. The van der Waals surface area contributed by atoms with E-state index in [0.717, 1.165) is 4.90 Å². The van der Waals surface area contributed by atoms with Crippen molar-refractivity contribution in [2.24, 2.45) is 0 Å². The second-order valence-electron chi connectivity index (χ2n) is 5.75. The van der Waals surface area contributed by atoms with Crippen LogP contribution in [0.1, 0.15) is 18.1 Å². The molecule has 134 valence electrons. The Morgan fingerprint density at radius 2 is 1.72 bits per heavy atom. The number of rotatable bonds is 6. The maximum atomic E-state index is 12.4. The number of amides is 1. The van der Waals surface area contributed by atoms with Crippen LogP contribution in [-0.4, -0.2) is 26.6 Å². The molecule has 0 bridgehead atoms. The van der Waals surface area contributed by atoms with E-state index in [9.17, 15) is 13.2 Å². The van der Waals surface area contributed by atoms with Crippen molar-refractivity contribution >= 4 is 33.4 Å². The number of carbonyl (C=O) groups is 1. The molecule has 2 aromatic rings. The van der Waals surface area contributed by atoms with Crippen molar-refractivity contribution < 1.29 is 13.2 Å². The second kappa shape index (κ2) is 8.03. The highest BCUT2D eigenvalue weighted by atomic mass is 32.2. The van der Waals surface area contributed by atoms with Crippen molar-refractivity contribution in [2.75, 3.05) is 12.4 Å². The Bertz CT molecular complexity index is 862. The molecule has 0 unspecified atom stereocenters. The van der Waals surface area contributed by atoms with E-state index in [0.29, 0.717) is 11.3 Å². The lowest BCUT2D eigenvalue weighted by molar-refractivity contribution is -0.115. The quantitative estimate of drug-likeness (QED) is 0.756.